The van der Waals surface area contributed by atoms with Gasteiger partial charge in [-0.25, -0.2) is 0 Å². The van der Waals surface area contributed by atoms with Crippen LogP contribution >= 0.6 is 12.2 Å². The maximum Gasteiger partial charge on any atom is 0.270 e. The van der Waals surface area contributed by atoms with Crippen molar-refractivity contribution in [3.63, 3.8) is 0 Å². The molecule has 0 amide bonds. The molecule has 0 radical (unpaired) electrons. The number of nitrogens with zero attached hydrogens (tertiary/aromatic N) is 2. The highest BCUT2D eigenvalue weighted by molar-refractivity contribution is 7.80. The Kier molecular flexibility index (Phi) is 5.16. The second-order valence-electron chi connectivity index (χ2n) is 4.54. The molecule has 0 saturated heterocycles. The number of non-ortho nitro benzene ring substituents is 1. The monoisotopic (exact) mass is 314 g/mol. The fraction of sp³-hybridized carbons (Fsp3) is 0.0667. The van der Waals surface area contributed by atoms with Gasteiger partial charge in [0.05, 0.1) is 11.1 Å². The van der Waals surface area contributed by atoms with Crippen molar-refractivity contribution in [2.75, 3.05) is 5.32 Å². The Balaban J connectivity index is 1.91. The number of nitrogens with one attached hydrogen (secondary N) is 2. The molecule has 0 bridgehead atoms. The molecule has 112 valence electrons. The van der Waals surface area contributed by atoms with Gasteiger partial charge in [0.15, 0.2) is 5.11 Å². The summed E-state index contributed by atoms with van der Waals surface area (Å²) in [5.74, 6) is 0. The number of aryl methyl sites for hydroxylation is 1. The fourth-order valence-corrected chi connectivity index (χ4v) is 1.85. The summed E-state index contributed by atoms with van der Waals surface area (Å²) >= 11 is 5.11. The Morgan fingerprint density at radius 2 is 2.00 bits per heavy atom. The summed E-state index contributed by atoms with van der Waals surface area (Å²) in [7, 11) is 0. The van der Waals surface area contributed by atoms with Gasteiger partial charge in [-0.05, 0) is 31.3 Å². The van der Waals surface area contributed by atoms with E-state index in [1.165, 1.54) is 18.3 Å². The van der Waals surface area contributed by atoms with Gasteiger partial charge in [0, 0.05) is 23.4 Å². The van der Waals surface area contributed by atoms with E-state index in [1.807, 2.05) is 31.2 Å². The van der Waals surface area contributed by atoms with E-state index >= 15 is 0 Å². The van der Waals surface area contributed by atoms with Crippen LogP contribution in [0.5, 0.6) is 0 Å². The van der Waals surface area contributed by atoms with Crippen molar-refractivity contribution in [2.45, 2.75) is 6.92 Å². The lowest BCUT2D eigenvalue weighted by Gasteiger charge is -2.06. The van der Waals surface area contributed by atoms with Crippen molar-refractivity contribution in [2.24, 2.45) is 5.10 Å². The summed E-state index contributed by atoms with van der Waals surface area (Å²) in [6.45, 7) is 2.00. The molecule has 22 heavy (non-hydrogen) atoms. The van der Waals surface area contributed by atoms with E-state index < -0.39 is 4.92 Å². The van der Waals surface area contributed by atoms with Gasteiger partial charge in [-0.1, -0.05) is 29.8 Å². The van der Waals surface area contributed by atoms with Crippen molar-refractivity contribution in [1.82, 2.24) is 5.43 Å². The second-order valence-corrected chi connectivity index (χ2v) is 4.95. The number of nitro benzene ring substituents is 1. The van der Waals surface area contributed by atoms with E-state index in [0.717, 1.165) is 11.3 Å². The predicted molar refractivity (Wildman–Crippen MR) is 91.2 cm³/mol. The maximum atomic E-state index is 10.7. The van der Waals surface area contributed by atoms with Crippen molar-refractivity contribution in [3.05, 3.63) is 69.8 Å². The minimum absolute atomic E-state index is 0.0179. The van der Waals surface area contributed by atoms with Gasteiger partial charge < -0.3 is 5.32 Å². The number of benzene rings is 2. The van der Waals surface area contributed by atoms with Crippen LogP contribution in [0.1, 0.15) is 11.1 Å². The number of hydrogen-bond acceptors (Lipinski definition) is 4. The first-order chi connectivity index (χ1) is 10.5. The summed E-state index contributed by atoms with van der Waals surface area (Å²) in [6.07, 6.45) is 1.47. The molecule has 2 aromatic carbocycles. The number of anilines is 1. The molecule has 0 aliphatic carbocycles. The van der Waals surface area contributed by atoms with Crippen LogP contribution in [-0.2, 0) is 0 Å². The summed E-state index contributed by atoms with van der Waals surface area (Å²) in [4.78, 5) is 10.2. The molecule has 0 unspecified atom stereocenters. The van der Waals surface area contributed by atoms with E-state index in [2.05, 4.69) is 15.8 Å². The topological polar surface area (TPSA) is 79.6 Å². The van der Waals surface area contributed by atoms with E-state index in [1.54, 1.807) is 12.1 Å². The summed E-state index contributed by atoms with van der Waals surface area (Å²) < 4.78 is 0. The van der Waals surface area contributed by atoms with E-state index in [9.17, 15) is 10.1 Å². The van der Waals surface area contributed by atoms with Gasteiger partial charge in [0.1, 0.15) is 0 Å². The maximum absolute atomic E-state index is 10.7. The third-order valence-corrected chi connectivity index (χ3v) is 2.96. The minimum Gasteiger partial charge on any atom is -0.331 e. The van der Waals surface area contributed by atoms with Crippen LogP contribution in [-0.4, -0.2) is 16.3 Å². The van der Waals surface area contributed by atoms with Gasteiger partial charge >= 0.3 is 0 Å². The smallest absolute Gasteiger partial charge is 0.270 e. The van der Waals surface area contributed by atoms with Crippen molar-refractivity contribution < 1.29 is 4.92 Å². The first-order valence-electron chi connectivity index (χ1n) is 6.46. The molecule has 0 aliphatic rings. The van der Waals surface area contributed by atoms with E-state index in [0.29, 0.717) is 10.7 Å². The van der Waals surface area contributed by atoms with Gasteiger partial charge in [-0.15, -0.1) is 0 Å². The molecule has 2 N–H and O–H groups in total. The molecule has 2 aromatic rings. The zero-order chi connectivity index (χ0) is 15.9. The number of hydrogen-bond donors (Lipinski definition) is 2. The normalized spacial score (nSPS) is 10.4. The average Bonchev–Trinajstić information content (AvgIpc) is 2.50. The molecule has 0 spiro atoms. The zero-order valence-corrected chi connectivity index (χ0v) is 12.6. The standard InChI is InChI=1S/C15H14N4O2S/c1-11-5-7-13(8-6-11)17-15(22)18-16-10-12-3-2-4-14(9-12)19(20)21/h2-10H,1H3,(H2,17,18,22)/b16-10+. The highest BCUT2D eigenvalue weighted by Crippen LogP contribution is 2.11. The number of thiocarbonyl (C=S) groups is 1. The zero-order valence-electron chi connectivity index (χ0n) is 11.8. The first kappa shape index (κ1) is 15.6. The van der Waals surface area contributed by atoms with Crippen LogP contribution in [0.15, 0.2) is 53.6 Å². The van der Waals surface area contributed by atoms with Gasteiger partial charge in [-0.3, -0.25) is 15.5 Å². The Hall–Kier alpha value is -2.80. The van der Waals surface area contributed by atoms with Crippen molar-refractivity contribution >= 4 is 34.9 Å². The van der Waals surface area contributed by atoms with Gasteiger partial charge in [0.25, 0.3) is 5.69 Å². The molecule has 0 heterocycles. The van der Waals surface area contributed by atoms with Crippen LogP contribution in [0.2, 0.25) is 0 Å². The molecule has 6 nitrogen and oxygen atoms in total. The molecule has 0 aliphatic heterocycles. The number of hydrazone groups is 1. The van der Waals surface area contributed by atoms with Crippen LogP contribution in [0, 0.1) is 17.0 Å². The highest BCUT2D eigenvalue weighted by atomic mass is 32.1. The predicted octanol–water partition coefficient (Wildman–Crippen LogP) is 3.22. The lowest BCUT2D eigenvalue weighted by Crippen LogP contribution is -2.23. The summed E-state index contributed by atoms with van der Waals surface area (Å²) in [5.41, 5.74) is 5.31. The Bertz CT molecular complexity index is 714. The summed E-state index contributed by atoms with van der Waals surface area (Å²) in [5, 5.41) is 18.0. The molecule has 2 rings (SSSR count). The third kappa shape index (κ3) is 4.64. The second kappa shape index (κ2) is 7.28. The molecule has 0 aromatic heterocycles. The third-order valence-electron chi connectivity index (χ3n) is 2.77. The largest absolute Gasteiger partial charge is 0.331 e. The average molecular weight is 314 g/mol. The van der Waals surface area contributed by atoms with Crippen LogP contribution in [0.3, 0.4) is 0 Å². The number of rotatable bonds is 4. The van der Waals surface area contributed by atoms with Gasteiger partial charge in [0.2, 0.25) is 0 Å². The molecule has 0 saturated carbocycles. The lowest BCUT2D eigenvalue weighted by molar-refractivity contribution is -0.384. The highest BCUT2D eigenvalue weighted by Gasteiger charge is 2.03. The van der Waals surface area contributed by atoms with Crippen LogP contribution < -0.4 is 10.7 Å². The van der Waals surface area contributed by atoms with Crippen LogP contribution in [0.4, 0.5) is 11.4 Å². The fourth-order valence-electron chi connectivity index (χ4n) is 1.68. The lowest BCUT2D eigenvalue weighted by atomic mass is 10.2. The SMILES string of the molecule is Cc1ccc(NC(=S)N/N=C/c2cccc([N+](=O)[O-])c2)cc1. The van der Waals surface area contributed by atoms with Crippen LogP contribution in [0.25, 0.3) is 0 Å². The summed E-state index contributed by atoms with van der Waals surface area (Å²) in [6, 6.07) is 13.9. The molecule has 0 atom stereocenters. The van der Waals surface area contributed by atoms with Crippen molar-refractivity contribution in [3.8, 4) is 0 Å². The van der Waals surface area contributed by atoms with E-state index in [4.69, 9.17) is 12.2 Å². The Morgan fingerprint density at radius 3 is 2.68 bits per heavy atom. The first-order valence-corrected chi connectivity index (χ1v) is 6.86. The quantitative estimate of drug-likeness (QED) is 0.392. The van der Waals surface area contributed by atoms with Gasteiger partial charge in [-0.2, -0.15) is 5.10 Å². The Labute approximate surface area is 133 Å². The molecular formula is C15H14N4O2S. The Morgan fingerprint density at radius 1 is 1.27 bits per heavy atom. The van der Waals surface area contributed by atoms with E-state index in [-0.39, 0.29) is 5.69 Å². The van der Waals surface area contributed by atoms with Crippen molar-refractivity contribution in [1.29, 1.82) is 0 Å². The number of nitro groups is 1. The molecule has 7 heteroatoms. The molecular weight excluding hydrogens is 300 g/mol. The minimum atomic E-state index is -0.450. The molecule has 0 fully saturated rings.